The number of amides is 2. The second-order valence-electron chi connectivity index (χ2n) is 15.0. The molecule has 0 aliphatic rings. The third kappa shape index (κ3) is 9.11. The van der Waals surface area contributed by atoms with Crippen molar-refractivity contribution < 1.29 is 44.6 Å². The largest absolute Gasteiger partial charge is 0.494 e. The van der Waals surface area contributed by atoms with Gasteiger partial charge in [-0.3, -0.25) is 9.59 Å². The smallest absolute Gasteiger partial charge is 0.246 e. The molecular formula is C36H44FN5O9S2. The maximum Gasteiger partial charge on any atom is 0.246 e. The minimum Gasteiger partial charge on any atom is -0.494 e. The first kappa shape index (κ1) is 42.3. The third-order valence-electron chi connectivity index (χ3n) is 8.15. The van der Waals surface area contributed by atoms with Gasteiger partial charge in [-0.15, -0.1) is 0 Å². The van der Waals surface area contributed by atoms with Gasteiger partial charge in [0.25, 0.3) is 0 Å². The lowest BCUT2D eigenvalue weighted by Gasteiger charge is -2.23. The van der Waals surface area contributed by atoms with Crippen molar-refractivity contribution >= 4 is 43.1 Å². The lowest BCUT2D eigenvalue weighted by atomic mass is 9.93. The van der Waals surface area contributed by atoms with Gasteiger partial charge in [-0.25, -0.2) is 21.2 Å². The summed E-state index contributed by atoms with van der Waals surface area (Å²) in [5.74, 6) is -1.09. The number of methoxy groups -OCH3 is 1. The number of hydrogen-bond donors (Lipinski definition) is 2. The number of hydrogen-bond acceptors (Lipinski definition) is 12. The molecule has 0 unspecified atom stereocenters. The lowest BCUT2D eigenvalue weighted by Crippen LogP contribution is -2.44. The molecule has 0 bridgehead atoms. The Balaban J connectivity index is 0.000000286. The number of sulfone groups is 2. The van der Waals surface area contributed by atoms with Crippen LogP contribution in [0.4, 0.5) is 16.0 Å². The molecule has 0 atom stereocenters. The molecule has 0 fully saturated rings. The van der Waals surface area contributed by atoms with Gasteiger partial charge < -0.3 is 24.4 Å². The zero-order valence-electron chi connectivity index (χ0n) is 31.4. The van der Waals surface area contributed by atoms with E-state index >= 15 is 0 Å². The summed E-state index contributed by atoms with van der Waals surface area (Å²) in [6.45, 7) is 16.6. The molecule has 0 aliphatic heterocycles. The van der Waals surface area contributed by atoms with Gasteiger partial charge in [0.15, 0.2) is 42.9 Å². The molecular weight excluding hydrogens is 730 g/mol. The summed E-state index contributed by atoms with van der Waals surface area (Å²) in [5.41, 5.74) is -0.276. The Bertz CT molecular complexity index is 2240. The summed E-state index contributed by atoms with van der Waals surface area (Å²) in [6, 6.07) is 13.7. The maximum absolute atomic E-state index is 13.9. The minimum atomic E-state index is -4.19. The van der Waals surface area contributed by atoms with E-state index in [-0.39, 0.29) is 38.0 Å². The van der Waals surface area contributed by atoms with Crippen molar-refractivity contribution in [2.24, 2.45) is 0 Å². The first-order valence-corrected chi connectivity index (χ1v) is 19.1. The van der Waals surface area contributed by atoms with E-state index < -0.39 is 46.8 Å². The van der Waals surface area contributed by atoms with E-state index in [4.69, 9.17) is 19.0 Å². The van der Waals surface area contributed by atoms with E-state index in [0.29, 0.717) is 17.1 Å². The van der Waals surface area contributed by atoms with E-state index in [1.54, 1.807) is 6.07 Å². The minimum absolute atomic E-state index is 0.0350. The summed E-state index contributed by atoms with van der Waals surface area (Å²) in [5, 5.41) is 21.3. The Labute approximate surface area is 308 Å². The van der Waals surface area contributed by atoms with Gasteiger partial charge in [0.05, 0.1) is 28.5 Å². The Morgan fingerprint density at radius 1 is 0.698 bits per heavy atom. The predicted molar refractivity (Wildman–Crippen MR) is 194 cm³/mol. The second-order valence-corrected chi connectivity index (χ2v) is 20.0. The average Bonchev–Trinajstić information content (AvgIpc) is 3.75. The van der Waals surface area contributed by atoms with Crippen molar-refractivity contribution in [2.75, 3.05) is 17.7 Å². The molecule has 286 valence electrons. The number of nitrogens with one attached hydrogen (secondary N) is 2. The molecule has 0 saturated heterocycles. The number of nitriles is 1. The molecule has 2 aromatic carbocycles. The number of benzene rings is 2. The summed E-state index contributed by atoms with van der Waals surface area (Å²) in [6.07, 6.45) is 0. The topological polar surface area (TPSA) is 212 Å². The second kappa shape index (κ2) is 15.1. The normalized spacial score (nSPS) is 12.6. The molecule has 17 heteroatoms. The van der Waals surface area contributed by atoms with E-state index in [1.807, 2.05) is 47.6 Å². The fraction of sp³-hybridized carbons (Fsp3) is 0.417. The van der Waals surface area contributed by atoms with Gasteiger partial charge in [0.1, 0.15) is 21.0 Å². The number of carbonyl (C=O) groups is 2. The SMILES string of the molecule is CC(C)(C)c1cc(NC(=O)C(C)(C)S(=O)(=O)c2ccc(C#N)cc2)no1.COc1ccc(S(=O)(=O)C(C)(C)C(=O)Nc2cc(C(C)(C)C)on2)cc1F. The van der Waals surface area contributed by atoms with Gasteiger partial charge in [0, 0.05) is 23.0 Å². The van der Waals surface area contributed by atoms with Gasteiger partial charge in [0.2, 0.25) is 11.8 Å². The molecule has 2 N–H and O–H groups in total. The van der Waals surface area contributed by atoms with Crippen LogP contribution in [-0.4, -0.2) is 55.6 Å². The van der Waals surface area contributed by atoms with Crippen LogP contribution in [0, 0.1) is 17.1 Å². The number of nitrogens with zero attached hydrogens (tertiary/aromatic N) is 3. The van der Waals surface area contributed by atoms with Gasteiger partial charge in [-0.05, 0) is 70.2 Å². The van der Waals surface area contributed by atoms with Crippen LogP contribution in [0.25, 0.3) is 0 Å². The molecule has 2 aromatic heterocycles. The Kier molecular flexibility index (Phi) is 12.1. The Hall–Kier alpha value is -5.08. The molecule has 14 nitrogen and oxygen atoms in total. The van der Waals surface area contributed by atoms with Crippen LogP contribution in [0.5, 0.6) is 5.75 Å². The van der Waals surface area contributed by atoms with Crippen LogP contribution in [0.1, 0.15) is 86.3 Å². The number of halogens is 1. The molecule has 0 radical (unpaired) electrons. The molecule has 53 heavy (non-hydrogen) atoms. The van der Waals surface area contributed by atoms with E-state index in [1.165, 1.54) is 77.3 Å². The number of rotatable bonds is 9. The van der Waals surface area contributed by atoms with Crippen molar-refractivity contribution in [3.05, 3.63) is 77.5 Å². The zero-order valence-corrected chi connectivity index (χ0v) is 33.0. The summed E-state index contributed by atoms with van der Waals surface area (Å²) in [4.78, 5) is 24.9. The van der Waals surface area contributed by atoms with E-state index in [9.17, 15) is 30.8 Å². The highest BCUT2D eigenvalue weighted by Gasteiger charge is 2.44. The van der Waals surface area contributed by atoms with Crippen LogP contribution in [0.15, 0.2) is 73.4 Å². The first-order chi connectivity index (χ1) is 24.2. The monoisotopic (exact) mass is 773 g/mol. The summed E-state index contributed by atoms with van der Waals surface area (Å²) >= 11 is 0. The van der Waals surface area contributed by atoms with Gasteiger partial charge >= 0.3 is 0 Å². The summed E-state index contributed by atoms with van der Waals surface area (Å²) < 4.78 is 77.0. The van der Waals surface area contributed by atoms with Crippen molar-refractivity contribution in [3.8, 4) is 11.8 Å². The predicted octanol–water partition coefficient (Wildman–Crippen LogP) is 6.35. The highest BCUT2D eigenvalue weighted by atomic mass is 32.2. The number of aromatic nitrogens is 2. The van der Waals surface area contributed by atoms with E-state index in [2.05, 4.69) is 20.9 Å². The van der Waals surface area contributed by atoms with Crippen LogP contribution in [0.2, 0.25) is 0 Å². The Morgan fingerprint density at radius 3 is 1.43 bits per heavy atom. The fourth-order valence-electron chi connectivity index (χ4n) is 4.27. The Morgan fingerprint density at radius 2 is 1.09 bits per heavy atom. The molecule has 2 amide bonds. The highest BCUT2D eigenvalue weighted by Crippen LogP contribution is 2.32. The number of carbonyl (C=O) groups excluding carboxylic acids is 2. The van der Waals surface area contributed by atoms with Crippen molar-refractivity contribution in [3.63, 3.8) is 0 Å². The van der Waals surface area contributed by atoms with Crippen molar-refractivity contribution in [1.82, 2.24) is 10.3 Å². The number of anilines is 2. The van der Waals surface area contributed by atoms with E-state index in [0.717, 1.165) is 6.07 Å². The van der Waals surface area contributed by atoms with Gasteiger partial charge in [-0.2, -0.15) is 5.26 Å². The molecule has 0 aliphatic carbocycles. The molecule has 4 aromatic rings. The van der Waals surface area contributed by atoms with Crippen LogP contribution < -0.4 is 15.4 Å². The average molecular weight is 774 g/mol. The first-order valence-electron chi connectivity index (χ1n) is 16.1. The van der Waals surface area contributed by atoms with Crippen LogP contribution in [0.3, 0.4) is 0 Å². The lowest BCUT2D eigenvalue weighted by molar-refractivity contribution is -0.118. The number of ether oxygens (including phenoxy) is 1. The molecule has 0 saturated carbocycles. The third-order valence-corrected chi connectivity index (χ3v) is 13.0. The zero-order chi connectivity index (χ0) is 40.4. The molecule has 0 spiro atoms. The fourth-order valence-corrected chi connectivity index (χ4v) is 7.03. The maximum atomic E-state index is 13.9. The van der Waals surface area contributed by atoms with Crippen molar-refractivity contribution in [1.29, 1.82) is 5.26 Å². The molecule has 4 rings (SSSR count). The highest BCUT2D eigenvalue weighted by molar-refractivity contribution is 7.94. The van der Waals surface area contributed by atoms with Crippen LogP contribution in [-0.2, 0) is 40.1 Å². The van der Waals surface area contributed by atoms with Crippen molar-refractivity contribution in [2.45, 2.75) is 99.4 Å². The quantitative estimate of drug-likeness (QED) is 0.191. The standard InChI is InChI=1S/C18H23FN2O5S.C18H21N3O4S/c1-17(2,3)14-10-15(21-26-14)20-16(22)18(4,5)27(23,24)11-7-8-13(25-6)12(19)9-11;1-17(2,3)14-10-15(21-25-14)20-16(22)18(4,5)26(23,24)13-8-6-12(11-19)7-9-13/h7-10H,1-6H3,(H,20,21,22);6-10H,1-5H3,(H,20,21,22). The summed E-state index contributed by atoms with van der Waals surface area (Å²) in [7, 11) is -6.91. The molecule has 2 heterocycles. The van der Waals surface area contributed by atoms with Crippen LogP contribution >= 0.6 is 0 Å². The van der Waals surface area contributed by atoms with Gasteiger partial charge in [-0.1, -0.05) is 51.9 Å².